The summed E-state index contributed by atoms with van der Waals surface area (Å²) in [7, 11) is 0. The molecule has 3 aromatic rings. The molecule has 0 aliphatic rings. The Labute approximate surface area is 225 Å². The van der Waals surface area contributed by atoms with E-state index in [0.717, 1.165) is 0 Å². The van der Waals surface area contributed by atoms with Gasteiger partial charge in [0.05, 0.1) is 22.3 Å². The van der Waals surface area contributed by atoms with Crippen molar-refractivity contribution in [1.82, 2.24) is 0 Å². The van der Waals surface area contributed by atoms with Crippen molar-refractivity contribution in [2.24, 2.45) is 0 Å². The normalized spacial score (nSPS) is 13.5. The minimum Gasteiger partial charge on any atom is -0.204 e. The van der Waals surface area contributed by atoms with Crippen LogP contribution in [-0.4, -0.2) is 6.71 Å². The molecule has 0 fully saturated rings. The lowest BCUT2D eigenvalue weighted by Crippen LogP contribution is -2.56. The van der Waals surface area contributed by atoms with E-state index in [0.29, 0.717) is 0 Å². The van der Waals surface area contributed by atoms with Crippen molar-refractivity contribution in [2.45, 2.75) is 30.9 Å². The summed E-state index contributed by atoms with van der Waals surface area (Å²) in [5.41, 5.74) is -19.0. The Balaban J connectivity index is 2.64. The zero-order valence-electron chi connectivity index (χ0n) is 19.7. The Bertz CT molecular complexity index is 1370. The molecule has 0 aromatic heterocycles. The number of hydrogen-bond acceptors (Lipinski definition) is 0. The van der Waals surface area contributed by atoms with Crippen LogP contribution in [0.3, 0.4) is 0 Å². The molecule has 0 N–H and O–H groups in total. The first-order chi connectivity index (χ1) is 19.2. The second kappa shape index (κ2) is 10.5. The van der Waals surface area contributed by atoms with Gasteiger partial charge in [-0.1, -0.05) is 35.2 Å². The molecule has 0 nitrogen and oxygen atoms in total. The zero-order chi connectivity index (χ0) is 33.2. The van der Waals surface area contributed by atoms with E-state index in [9.17, 15) is 74.6 Å². The van der Waals surface area contributed by atoms with Gasteiger partial charge in [0.2, 0.25) is 6.71 Å². The predicted molar refractivity (Wildman–Crippen MR) is 109 cm³/mol. The average Bonchev–Trinajstić information content (AvgIpc) is 2.82. The molecule has 0 spiro atoms. The highest BCUT2D eigenvalue weighted by Gasteiger charge is 2.46. The van der Waals surface area contributed by atoms with Gasteiger partial charge in [-0.2, -0.15) is 65.9 Å². The molecule has 0 saturated carbocycles. The molecular formula is C23H6BF19. The van der Waals surface area contributed by atoms with Gasteiger partial charge in [0.15, 0.2) is 23.3 Å². The smallest absolute Gasteiger partial charge is 0.204 e. The molecule has 43 heavy (non-hydrogen) atoms. The summed E-state index contributed by atoms with van der Waals surface area (Å²) >= 11 is 0. The van der Waals surface area contributed by atoms with E-state index in [1.54, 1.807) is 0 Å². The Morgan fingerprint density at radius 1 is 0.349 bits per heavy atom. The van der Waals surface area contributed by atoms with Crippen molar-refractivity contribution < 1.29 is 83.4 Å². The average molecular weight is 654 g/mol. The van der Waals surface area contributed by atoms with Gasteiger partial charge >= 0.3 is 30.9 Å². The summed E-state index contributed by atoms with van der Waals surface area (Å²) in [6.45, 7) is -3.46. The van der Waals surface area contributed by atoms with Crippen LogP contribution in [-0.2, 0) is 30.9 Å². The summed E-state index contributed by atoms with van der Waals surface area (Å²) in [5.74, 6) is -13.1. The predicted octanol–water partition coefficient (Wildman–Crippen LogP) is 7.85. The summed E-state index contributed by atoms with van der Waals surface area (Å²) in [5, 5.41) is 0. The summed E-state index contributed by atoms with van der Waals surface area (Å²) in [6.07, 6.45) is -29.4. The molecule has 20 heteroatoms. The van der Waals surface area contributed by atoms with Crippen molar-refractivity contribution in [2.75, 3.05) is 0 Å². The number of benzene rings is 3. The topological polar surface area (TPSA) is 0 Å². The third-order valence-corrected chi connectivity index (χ3v) is 5.76. The number of hydrogen-bond donors (Lipinski definition) is 0. The molecule has 0 unspecified atom stereocenters. The van der Waals surface area contributed by atoms with E-state index in [-0.39, 0.29) is 0 Å². The standard InChI is InChI=1S/C23H6BF19/c25-15-13(23(41,42)43)16(26)18(28)14(17(15)27)24(11-3-7(19(29,30)31)1-8(4-11)20(32,33)34)12-5-9(21(35,36)37)2-10(6-12)22(38,39)40/h1-6H. The molecule has 0 heterocycles. The van der Waals surface area contributed by atoms with Crippen molar-refractivity contribution >= 4 is 23.1 Å². The minimum absolute atomic E-state index is 0.459. The molecular weight excluding hydrogens is 648 g/mol. The van der Waals surface area contributed by atoms with Crippen LogP contribution in [0.5, 0.6) is 0 Å². The van der Waals surface area contributed by atoms with Crippen molar-refractivity contribution in [3.05, 3.63) is 87.5 Å². The molecule has 0 saturated heterocycles. The fourth-order valence-corrected chi connectivity index (χ4v) is 3.97. The van der Waals surface area contributed by atoms with E-state index in [1.165, 1.54) is 0 Å². The van der Waals surface area contributed by atoms with Crippen molar-refractivity contribution in [3.8, 4) is 0 Å². The molecule has 0 atom stereocenters. The van der Waals surface area contributed by atoms with Gasteiger partial charge in [-0.25, -0.2) is 17.6 Å². The molecule has 0 aliphatic heterocycles. The van der Waals surface area contributed by atoms with Gasteiger partial charge in [-0.3, -0.25) is 0 Å². The highest BCUT2D eigenvalue weighted by Crippen LogP contribution is 2.38. The monoisotopic (exact) mass is 654 g/mol. The van der Waals surface area contributed by atoms with Crippen molar-refractivity contribution in [1.29, 1.82) is 0 Å². The maximum absolute atomic E-state index is 15.0. The van der Waals surface area contributed by atoms with Crippen LogP contribution in [0.4, 0.5) is 83.4 Å². The molecule has 0 radical (unpaired) electrons. The second-order valence-corrected chi connectivity index (χ2v) is 8.65. The van der Waals surface area contributed by atoms with Crippen molar-refractivity contribution in [3.63, 3.8) is 0 Å². The van der Waals surface area contributed by atoms with E-state index in [4.69, 9.17) is 0 Å². The number of alkyl halides is 15. The molecule has 0 bridgehead atoms. The molecule has 3 rings (SSSR count). The maximum atomic E-state index is 15.0. The quantitative estimate of drug-likeness (QED) is 0.154. The molecule has 0 amide bonds. The van der Waals surface area contributed by atoms with Gasteiger partial charge in [-0.05, 0) is 12.1 Å². The lowest BCUT2D eigenvalue weighted by Gasteiger charge is -2.23. The largest absolute Gasteiger partial charge is 0.422 e. The zero-order valence-corrected chi connectivity index (χ0v) is 19.7. The van der Waals surface area contributed by atoms with Gasteiger partial charge in [0, 0.05) is 5.46 Å². The van der Waals surface area contributed by atoms with E-state index < -0.39 is 141 Å². The van der Waals surface area contributed by atoms with Gasteiger partial charge in [-0.15, -0.1) is 0 Å². The number of halogens is 19. The number of rotatable bonds is 3. The SMILES string of the molecule is Fc1c(F)c(C(F)(F)F)c(F)c(F)c1B(c1cc(C(F)(F)F)cc(C(F)(F)F)c1)c1cc(C(F)(F)F)cc(C(F)(F)F)c1. The van der Waals surface area contributed by atoms with Crippen LogP contribution < -0.4 is 16.4 Å². The fourth-order valence-electron chi connectivity index (χ4n) is 3.97. The molecule has 234 valence electrons. The van der Waals surface area contributed by atoms with E-state index in [2.05, 4.69) is 0 Å². The van der Waals surface area contributed by atoms with Crippen LogP contribution in [0.1, 0.15) is 27.8 Å². The highest BCUT2D eigenvalue weighted by atomic mass is 19.4. The fraction of sp³-hybridized carbons (Fsp3) is 0.217. The van der Waals surface area contributed by atoms with Crippen LogP contribution in [0.25, 0.3) is 0 Å². The van der Waals surface area contributed by atoms with Crippen LogP contribution in [0.15, 0.2) is 36.4 Å². The van der Waals surface area contributed by atoms with E-state index in [1.807, 2.05) is 0 Å². The van der Waals surface area contributed by atoms with Crippen LogP contribution in [0.2, 0.25) is 0 Å². The molecule has 0 aliphatic carbocycles. The summed E-state index contributed by atoms with van der Waals surface area (Å²) < 4.78 is 260. The second-order valence-electron chi connectivity index (χ2n) is 8.65. The maximum Gasteiger partial charge on any atom is 0.422 e. The summed E-state index contributed by atoms with van der Waals surface area (Å²) in [6, 6.07) is -3.10. The Hall–Kier alpha value is -3.61. The third kappa shape index (κ3) is 6.81. The minimum atomic E-state index is -6.23. The first-order valence-corrected chi connectivity index (χ1v) is 10.7. The Morgan fingerprint density at radius 3 is 0.814 bits per heavy atom. The third-order valence-electron chi connectivity index (χ3n) is 5.76. The molecule has 3 aromatic carbocycles. The first-order valence-electron chi connectivity index (χ1n) is 10.7. The van der Waals surface area contributed by atoms with Gasteiger partial charge < -0.3 is 0 Å². The first kappa shape index (κ1) is 33.9. The van der Waals surface area contributed by atoms with Gasteiger partial charge in [0.1, 0.15) is 5.56 Å². The Morgan fingerprint density at radius 2 is 0.605 bits per heavy atom. The van der Waals surface area contributed by atoms with E-state index >= 15 is 8.78 Å². The van der Waals surface area contributed by atoms with Crippen LogP contribution >= 0.6 is 0 Å². The van der Waals surface area contributed by atoms with Crippen LogP contribution in [0, 0.1) is 23.3 Å². The van der Waals surface area contributed by atoms with Gasteiger partial charge in [0.25, 0.3) is 0 Å². The summed E-state index contributed by atoms with van der Waals surface area (Å²) in [4.78, 5) is 0. The lowest BCUT2D eigenvalue weighted by atomic mass is 9.36. The highest BCUT2D eigenvalue weighted by molar-refractivity contribution is 6.95. The lowest BCUT2D eigenvalue weighted by molar-refractivity contribution is -0.144. The Kier molecular flexibility index (Phi) is 8.30.